The van der Waals surface area contributed by atoms with Gasteiger partial charge in [-0.3, -0.25) is 14.5 Å². The number of para-hydroxylation sites is 1. The van der Waals surface area contributed by atoms with Crippen LogP contribution in [0.2, 0.25) is 5.02 Å². The van der Waals surface area contributed by atoms with Crippen molar-refractivity contribution in [1.82, 2.24) is 0 Å². The van der Waals surface area contributed by atoms with Crippen molar-refractivity contribution >= 4 is 34.8 Å². The summed E-state index contributed by atoms with van der Waals surface area (Å²) in [6.45, 7) is 1.84. The minimum Gasteiger partial charge on any atom is -0.388 e. The van der Waals surface area contributed by atoms with Gasteiger partial charge in [0.1, 0.15) is 0 Å². The number of carbonyl (C=O) groups is 2. The molecule has 1 aliphatic rings. The normalized spacial score (nSPS) is 17.9. The van der Waals surface area contributed by atoms with Crippen LogP contribution in [0.4, 0.5) is 15.8 Å². The Morgan fingerprint density at radius 2 is 1.75 bits per heavy atom. The van der Waals surface area contributed by atoms with E-state index in [1.807, 2.05) is 19.1 Å². The van der Waals surface area contributed by atoms with E-state index in [1.165, 1.54) is 12.1 Å². The summed E-state index contributed by atoms with van der Waals surface area (Å²) in [6, 6.07) is 18.4. The molecule has 0 aromatic heterocycles. The van der Waals surface area contributed by atoms with Gasteiger partial charge in [-0.05, 0) is 49.2 Å². The number of nitrogens with one attached hydrogen (secondary N) is 1. The largest absolute Gasteiger partial charge is 0.388 e. The number of nitrogens with zero attached hydrogens (tertiary/aromatic N) is 1. The predicted octanol–water partition coefficient (Wildman–Crippen LogP) is 5.67. The van der Waals surface area contributed by atoms with Gasteiger partial charge in [0.2, 0.25) is 0 Å². The Bertz CT molecular complexity index is 1180. The summed E-state index contributed by atoms with van der Waals surface area (Å²) in [7, 11) is 0. The third-order valence-corrected chi connectivity index (χ3v) is 5.89. The standard InChI is InChI=1S/C25H22ClFN2O3/c1-15-6-2-3-7-17(15)24(31)28-16-10-11-18(20(26)14-16)25(32)29-21-9-5-4-8-19(21)22(30)12-13-23(29)27/h2-11,14,22-23,30H,12-13H2,1H3,(H,28,31). The summed E-state index contributed by atoms with van der Waals surface area (Å²) in [4.78, 5) is 26.9. The number of carbonyl (C=O) groups excluding carboxylic acids is 2. The summed E-state index contributed by atoms with van der Waals surface area (Å²) in [6.07, 6.45) is -2.24. The Morgan fingerprint density at radius 1 is 1.03 bits per heavy atom. The lowest BCUT2D eigenvalue weighted by Crippen LogP contribution is -2.37. The van der Waals surface area contributed by atoms with E-state index in [2.05, 4.69) is 5.32 Å². The van der Waals surface area contributed by atoms with E-state index in [0.717, 1.165) is 10.5 Å². The molecule has 7 heteroatoms. The van der Waals surface area contributed by atoms with Gasteiger partial charge < -0.3 is 10.4 Å². The van der Waals surface area contributed by atoms with Gasteiger partial charge >= 0.3 is 0 Å². The molecule has 1 aliphatic heterocycles. The molecule has 4 rings (SSSR count). The fourth-order valence-electron chi connectivity index (χ4n) is 3.88. The average Bonchev–Trinajstić information content (AvgIpc) is 2.90. The van der Waals surface area contributed by atoms with Gasteiger partial charge in [0, 0.05) is 23.2 Å². The first-order chi connectivity index (χ1) is 15.4. The van der Waals surface area contributed by atoms with E-state index in [4.69, 9.17) is 11.6 Å². The second kappa shape index (κ2) is 9.10. The van der Waals surface area contributed by atoms with Crippen molar-refractivity contribution in [3.63, 3.8) is 0 Å². The summed E-state index contributed by atoms with van der Waals surface area (Å²) < 4.78 is 15.0. The highest BCUT2D eigenvalue weighted by Crippen LogP contribution is 2.37. The third kappa shape index (κ3) is 4.24. The third-order valence-electron chi connectivity index (χ3n) is 5.58. The Balaban J connectivity index is 1.62. The molecule has 3 aromatic carbocycles. The number of anilines is 2. The zero-order valence-corrected chi connectivity index (χ0v) is 18.1. The van der Waals surface area contributed by atoms with Crippen LogP contribution in [-0.2, 0) is 0 Å². The van der Waals surface area contributed by atoms with Gasteiger partial charge in [-0.15, -0.1) is 0 Å². The van der Waals surface area contributed by atoms with E-state index in [1.54, 1.807) is 42.5 Å². The van der Waals surface area contributed by atoms with Gasteiger partial charge in [0.25, 0.3) is 11.8 Å². The van der Waals surface area contributed by atoms with Crippen LogP contribution in [0, 0.1) is 6.92 Å². The van der Waals surface area contributed by atoms with Gasteiger partial charge in [0.05, 0.1) is 22.4 Å². The molecule has 32 heavy (non-hydrogen) atoms. The SMILES string of the molecule is Cc1ccccc1C(=O)Nc1ccc(C(=O)N2c3ccccc3C(O)CCC2F)c(Cl)c1. The predicted molar refractivity (Wildman–Crippen MR) is 123 cm³/mol. The Morgan fingerprint density at radius 3 is 2.50 bits per heavy atom. The average molecular weight is 453 g/mol. The molecule has 2 N–H and O–H groups in total. The lowest BCUT2D eigenvalue weighted by Gasteiger charge is -2.26. The number of hydrogen-bond donors (Lipinski definition) is 2. The molecule has 0 aliphatic carbocycles. The number of halogens is 2. The number of hydrogen-bond acceptors (Lipinski definition) is 3. The zero-order chi connectivity index (χ0) is 22.8. The second-order valence-corrected chi connectivity index (χ2v) is 8.13. The zero-order valence-electron chi connectivity index (χ0n) is 17.4. The molecule has 0 fully saturated rings. The maximum absolute atomic E-state index is 15.0. The molecule has 0 saturated heterocycles. The Hall–Kier alpha value is -3.22. The van der Waals surface area contributed by atoms with Crippen molar-refractivity contribution < 1.29 is 19.1 Å². The van der Waals surface area contributed by atoms with Gasteiger partial charge in [-0.2, -0.15) is 0 Å². The highest BCUT2D eigenvalue weighted by molar-refractivity contribution is 6.35. The molecule has 2 atom stereocenters. The fourth-order valence-corrected chi connectivity index (χ4v) is 4.14. The molecular formula is C25H22ClFN2O3. The topological polar surface area (TPSA) is 69.6 Å². The van der Waals surface area contributed by atoms with Crippen molar-refractivity contribution in [2.45, 2.75) is 32.2 Å². The van der Waals surface area contributed by atoms with Crippen LogP contribution in [0.5, 0.6) is 0 Å². The minimum atomic E-state index is -1.60. The van der Waals surface area contributed by atoms with Crippen LogP contribution >= 0.6 is 11.6 Å². The number of alkyl halides is 1. The molecule has 0 radical (unpaired) electrons. The molecule has 2 unspecified atom stereocenters. The fraction of sp³-hybridized carbons (Fsp3) is 0.200. The Labute approximate surface area is 190 Å². The van der Waals surface area contributed by atoms with Crippen molar-refractivity contribution in [1.29, 1.82) is 0 Å². The first-order valence-corrected chi connectivity index (χ1v) is 10.7. The summed E-state index contributed by atoms with van der Waals surface area (Å²) in [5, 5.41) is 13.2. The maximum atomic E-state index is 15.0. The monoisotopic (exact) mass is 452 g/mol. The van der Waals surface area contributed by atoms with Gasteiger partial charge in [-0.25, -0.2) is 4.39 Å². The van der Waals surface area contributed by atoms with Crippen molar-refractivity contribution in [2.24, 2.45) is 0 Å². The van der Waals surface area contributed by atoms with Crippen molar-refractivity contribution in [2.75, 3.05) is 10.2 Å². The lowest BCUT2D eigenvalue weighted by atomic mass is 10.0. The smallest absolute Gasteiger partial charge is 0.262 e. The number of aliphatic hydroxyl groups excluding tert-OH is 1. The van der Waals surface area contributed by atoms with E-state index < -0.39 is 18.3 Å². The number of benzene rings is 3. The number of aliphatic hydroxyl groups is 1. The quantitative estimate of drug-likeness (QED) is 0.503. The van der Waals surface area contributed by atoms with Crippen LogP contribution in [0.25, 0.3) is 0 Å². The number of fused-ring (bicyclic) bond motifs is 1. The second-order valence-electron chi connectivity index (χ2n) is 7.73. The molecule has 0 saturated carbocycles. The van der Waals surface area contributed by atoms with Crippen LogP contribution in [0.3, 0.4) is 0 Å². The summed E-state index contributed by atoms with van der Waals surface area (Å²) >= 11 is 6.38. The first-order valence-electron chi connectivity index (χ1n) is 10.3. The van der Waals surface area contributed by atoms with Crippen molar-refractivity contribution in [3.05, 3.63) is 94.0 Å². The first kappa shape index (κ1) is 22.0. The van der Waals surface area contributed by atoms with Crippen molar-refractivity contribution in [3.8, 4) is 0 Å². The molecule has 5 nitrogen and oxygen atoms in total. The van der Waals surface area contributed by atoms with E-state index in [0.29, 0.717) is 22.5 Å². The van der Waals surface area contributed by atoms with Gasteiger partial charge in [0.15, 0.2) is 6.30 Å². The minimum absolute atomic E-state index is 0.00374. The number of aryl methyl sites for hydroxylation is 1. The molecular weight excluding hydrogens is 431 g/mol. The molecule has 164 valence electrons. The number of amides is 2. The van der Waals surface area contributed by atoms with Gasteiger partial charge in [-0.1, -0.05) is 48.0 Å². The molecule has 1 heterocycles. The molecule has 3 aromatic rings. The highest BCUT2D eigenvalue weighted by atomic mass is 35.5. The van der Waals surface area contributed by atoms with E-state index >= 15 is 0 Å². The maximum Gasteiger partial charge on any atom is 0.262 e. The molecule has 2 amide bonds. The highest BCUT2D eigenvalue weighted by Gasteiger charge is 2.33. The van der Waals surface area contributed by atoms with Crippen LogP contribution in [-0.4, -0.2) is 23.2 Å². The van der Waals surface area contributed by atoms with E-state index in [-0.39, 0.29) is 29.3 Å². The molecule has 0 bridgehead atoms. The summed E-state index contributed by atoms with van der Waals surface area (Å²) in [5.74, 6) is -0.904. The lowest BCUT2D eigenvalue weighted by molar-refractivity contribution is 0.0942. The Kier molecular flexibility index (Phi) is 6.26. The van der Waals surface area contributed by atoms with Crippen LogP contribution in [0.1, 0.15) is 50.8 Å². The van der Waals surface area contributed by atoms with Crippen LogP contribution < -0.4 is 10.2 Å². The summed E-state index contributed by atoms with van der Waals surface area (Å²) in [5.41, 5.74) is 2.71. The van der Waals surface area contributed by atoms with E-state index in [9.17, 15) is 19.1 Å². The van der Waals surface area contributed by atoms with Crippen LogP contribution in [0.15, 0.2) is 66.7 Å². The molecule has 0 spiro atoms. The number of rotatable bonds is 3.